The Bertz CT molecular complexity index is 1390. The highest BCUT2D eigenvalue weighted by atomic mass is 16.6. The fourth-order valence-corrected chi connectivity index (χ4v) is 7.43. The summed E-state index contributed by atoms with van der Waals surface area (Å²) in [5.41, 5.74) is -1.37. The molecule has 1 N–H and O–H groups in total. The summed E-state index contributed by atoms with van der Waals surface area (Å²) in [6.07, 6.45) is 4.77. The van der Waals surface area contributed by atoms with Gasteiger partial charge in [-0.3, -0.25) is 9.59 Å². The molecular weight excluding hydrogens is 536 g/mol. The predicted molar refractivity (Wildman–Crippen MR) is 175 cm³/mol. The third-order valence-electron chi connectivity index (χ3n) is 9.78. The highest BCUT2D eigenvalue weighted by Gasteiger charge is 2.49. The zero-order chi connectivity index (χ0) is 31.6. The van der Waals surface area contributed by atoms with Crippen molar-refractivity contribution in [1.29, 1.82) is 0 Å². The van der Waals surface area contributed by atoms with Gasteiger partial charge in [-0.05, 0) is 125 Å². The van der Waals surface area contributed by atoms with Crippen molar-refractivity contribution in [2.45, 2.75) is 119 Å². The second-order valence-electron chi connectivity index (χ2n) is 15.2. The Kier molecular flexibility index (Phi) is 9.66. The van der Waals surface area contributed by atoms with Crippen LogP contribution in [0, 0.1) is 22.2 Å². The molecule has 1 aliphatic rings. The number of hydrogen-bond donors (Lipinski definition) is 1. The number of aliphatic hydroxyl groups excluding tert-OH is 1. The van der Waals surface area contributed by atoms with Gasteiger partial charge >= 0.3 is 11.9 Å². The number of ether oxygens (including phenoxy) is 2. The van der Waals surface area contributed by atoms with Gasteiger partial charge in [0.1, 0.15) is 12.2 Å². The van der Waals surface area contributed by atoms with Gasteiger partial charge in [0.25, 0.3) is 0 Å². The van der Waals surface area contributed by atoms with E-state index < -0.39 is 16.4 Å². The van der Waals surface area contributed by atoms with Crippen molar-refractivity contribution in [2.24, 2.45) is 22.2 Å². The van der Waals surface area contributed by atoms with E-state index in [0.717, 1.165) is 52.8 Å². The maximum Gasteiger partial charge on any atom is 0.312 e. The number of esters is 2. The normalized spacial score (nSPS) is 20.8. The molecule has 0 radical (unpaired) electrons. The number of benzene rings is 3. The molecule has 1 saturated carbocycles. The first-order valence-corrected chi connectivity index (χ1v) is 16.0. The number of hydrogen-bond acceptors (Lipinski definition) is 5. The summed E-state index contributed by atoms with van der Waals surface area (Å²) in [5.74, 6) is -0.145. The lowest BCUT2D eigenvalue weighted by Gasteiger charge is -2.48. The Morgan fingerprint density at radius 2 is 1.33 bits per heavy atom. The zero-order valence-electron chi connectivity index (χ0n) is 27.6. The van der Waals surface area contributed by atoms with Gasteiger partial charge in [0.2, 0.25) is 0 Å². The van der Waals surface area contributed by atoms with Crippen molar-refractivity contribution in [3.63, 3.8) is 0 Å². The summed E-state index contributed by atoms with van der Waals surface area (Å²) >= 11 is 0. The Balaban J connectivity index is 1.62. The van der Waals surface area contributed by atoms with Crippen molar-refractivity contribution in [3.8, 4) is 0 Å². The number of fused-ring (bicyclic) bond motifs is 2. The Morgan fingerprint density at radius 3 is 1.84 bits per heavy atom. The Morgan fingerprint density at radius 1 is 0.791 bits per heavy atom. The van der Waals surface area contributed by atoms with Gasteiger partial charge in [0, 0.05) is 5.56 Å². The second-order valence-corrected chi connectivity index (χ2v) is 15.2. The predicted octanol–water partition coefficient (Wildman–Crippen LogP) is 9.16. The molecule has 2 unspecified atom stereocenters. The van der Waals surface area contributed by atoms with Gasteiger partial charge < -0.3 is 14.6 Å². The molecule has 5 heteroatoms. The standard InChI is InChI=1S/C38H52O5/c1-9-37(7,34(41)42-23-32-30-16-12-10-14-26(30)22-27-15-11-13-17-31(27)32)25-38(8,28-18-20-29(39)21-19-28)24-36(5,6)33(40)43-35(2,3)4/h10-17,22,28-29,39H,9,18-21,23-25H2,1-8H3. The van der Waals surface area contributed by atoms with Crippen LogP contribution in [0.5, 0.6) is 0 Å². The van der Waals surface area contributed by atoms with Gasteiger partial charge in [-0.1, -0.05) is 62.4 Å². The van der Waals surface area contributed by atoms with E-state index in [1.54, 1.807) is 0 Å². The average Bonchev–Trinajstić information content (AvgIpc) is 2.94. The molecule has 0 spiro atoms. The van der Waals surface area contributed by atoms with E-state index in [4.69, 9.17) is 9.47 Å². The van der Waals surface area contributed by atoms with Crippen LogP contribution >= 0.6 is 0 Å². The summed E-state index contributed by atoms with van der Waals surface area (Å²) in [5, 5.41) is 14.7. The fraction of sp³-hybridized carbons (Fsp3) is 0.579. The lowest BCUT2D eigenvalue weighted by molar-refractivity contribution is -0.170. The van der Waals surface area contributed by atoms with Crippen molar-refractivity contribution < 1.29 is 24.2 Å². The highest BCUT2D eigenvalue weighted by Crippen LogP contribution is 2.53. The van der Waals surface area contributed by atoms with Gasteiger partial charge in [-0.15, -0.1) is 0 Å². The van der Waals surface area contributed by atoms with Crippen LogP contribution in [0.25, 0.3) is 21.5 Å². The van der Waals surface area contributed by atoms with E-state index >= 15 is 0 Å². The monoisotopic (exact) mass is 588 g/mol. The molecule has 3 aromatic carbocycles. The Hall–Kier alpha value is -2.92. The first kappa shape index (κ1) is 33.0. The summed E-state index contributed by atoms with van der Waals surface area (Å²) in [6.45, 7) is 16.1. The molecule has 0 amide bonds. The Labute approximate surface area is 258 Å². The maximum atomic E-state index is 14.1. The van der Waals surface area contributed by atoms with Crippen LogP contribution in [0.2, 0.25) is 0 Å². The zero-order valence-corrected chi connectivity index (χ0v) is 27.6. The van der Waals surface area contributed by atoms with Gasteiger partial charge in [-0.25, -0.2) is 0 Å². The summed E-state index contributed by atoms with van der Waals surface area (Å²) in [4.78, 5) is 27.5. The average molecular weight is 589 g/mol. The van der Waals surface area contributed by atoms with Gasteiger partial charge in [-0.2, -0.15) is 0 Å². The molecular formula is C38H52O5. The molecule has 0 bridgehead atoms. The largest absolute Gasteiger partial charge is 0.460 e. The maximum absolute atomic E-state index is 14.1. The van der Waals surface area contributed by atoms with E-state index in [1.165, 1.54) is 0 Å². The quantitative estimate of drug-likeness (QED) is 0.189. The second kappa shape index (κ2) is 12.6. The molecule has 1 fully saturated rings. The lowest BCUT2D eigenvalue weighted by atomic mass is 9.57. The molecule has 43 heavy (non-hydrogen) atoms. The van der Waals surface area contributed by atoms with E-state index in [1.807, 2.05) is 65.8 Å². The summed E-state index contributed by atoms with van der Waals surface area (Å²) < 4.78 is 12.1. The van der Waals surface area contributed by atoms with E-state index in [-0.39, 0.29) is 36.0 Å². The van der Waals surface area contributed by atoms with Crippen molar-refractivity contribution >= 4 is 33.5 Å². The van der Waals surface area contributed by atoms with Crippen LogP contribution < -0.4 is 0 Å². The van der Waals surface area contributed by atoms with Crippen molar-refractivity contribution in [1.82, 2.24) is 0 Å². The summed E-state index contributed by atoms with van der Waals surface area (Å²) in [7, 11) is 0. The molecule has 4 rings (SSSR count). The van der Waals surface area contributed by atoms with Crippen molar-refractivity contribution in [2.75, 3.05) is 0 Å². The minimum Gasteiger partial charge on any atom is -0.460 e. The van der Waals surface area contributed by atoms with Crippen LogP contribution in [0.1, 0.15) is 106 Å². The van der Waals surface area contributed by atoms with Gasteiger partial charge in [0.15, 0.2) is 0 Å². The van der Waals surface area contributed by atoms with Crippen molar-refractivity contribution in [3.05, 3.63) is 60.2 Å². The minimum atomic E-state index is -0.741. The minimum absolute atomic E-state index is 0.200. The third kappa shape index (κ3) is 7.60. The lowest BCUT2D eigenvalue weighted by Crippen LogP contribution is -2.45. The molecule has 2 atom stereocenters. The molecule has 3 aromatic rings. The first-order chi connectivity index (χ1) is 20.1. The molecule has 5 nitrogen and oxygen atoms in total. The molecule has 234 valence electrons. The number of carbonyl (C=O) groups is 2. The number of carbonyl (C=O) groups excluding carboxylic acids is 2. The highest BCUT2D eigenvalue weighted by molar-refractivity contribution is 6.02. The number of rotatable bonds is 10. The third-order valence-corrected chi connectivity index (χ3v) is 9.78. The first-order valence-electron chi connectivity index (χ1n) is 16.0. The molecule has 0 heterocycles. The van der Waals surface area contributed by atoms with E-state index in [0.29, 0.717) is 19.3 Å². The molecule has 0 saturated heterocycles. The topological polar surface area (TPSA) is 72.8 Å². The van der Waals surface area contributed by atoms with Crippen LogP contribution in [0.4, 0.5) is 0 Å². The number of aliphatic hydroxyl groups is 1. The molecule has 0 aromatic heterocycles. The van der Waals surface area contributed by atoms with E-state index in [9.17, 15) is 14.7 Å². The fourth-order valence-electron chi connectivity index (χ4n) is 7.43. The molecule has 1 aliphatic carbocycles. The smallest absolute Gasteiger partial charge is 0.312 e. The SMILES string of the molecule is CCC(C)(CC(C)(CC(C)(C)C(=O)OC(C)(C)C)C1CCC(O)CC1)C(=O)OCc1c2ccccc2cc2ccccc12. The van der Waals surface area contributed by atoms with E-state index in [2.05, 4.69) is 44.2 Å². The molecule has 0 aliphatic heterocycles. The van der Waals surface area contributed by atoms with Crippen LogP contribution in [0.15, 0.2) is 54.6 Å². The van der Waals surface area contributed by atoms with Gasteiger partial charge in [0.05, 0.1) is 16.9 Å². The van der Waals surface area contributed by atoms with Crippen LogP contribution in [-0.2, 0) is 25.7 Å². The van der Waals surface area contributed by atoms with Crippen LogP contribution in [-0.4, -0.2) is 28.8 Å². The summed E-state index contributed by atoms with van der Waals surface area (Å²) in [6, 6.07) is 18.7. The van der Waals surface area contributed by atoms with Crippen LogP contribution in [0.3, 0.4) is 0 Å².